The summed E-state index contributed by atoms with van der Waals surface area (Å²) < 4.78 is 0. The van der Waals surface area contributed by atoms with Crippen LogP contribution < -0.4 is 0 Å². The van der Waals surface area contributed by atoms with Crippen LogP contribution in [0.15, 0.2) is 0 Å². The van der Waals surface area contributed by atoms with Crippen molar-refractivity contribution in [1.29, 1.82) is 0 Å². The van der Waals surface area contributed by atoms with Crippen molar-refractivity contribution < 1.29 is 9.90 Å². The minimum Gasteiger partial charge on any atom is -0.476 e. The number of carbonyl (C=O) groups is 1. The maximum Gasteiger partial charge on any atom is 0.356 e. The molecule has 1 heterocycles. The lowest BCUT2D eigenvalue weighted by Gasteiger charge is -2.06. The standard InChI is InChI=1S/C9H11ClN2O2/c10-9-11-6(5-3-1-2-4-5)7(12-9)8(13)14/h5H,1-4H2,(H,11,12)(H,13,14). The zero-order chi connectivity index (χ0) is 10.1. The van der Waals surface area contributed by atoms with Crippen LogP contribution in [-0.4, -0.2) is 21.0 Å². The van der Waals surface area contributed by atoms with E-state index >= 15 is 0 Å². The Morgan fingerprint density at radius 2 is 2.14 bits per heavy atom. The van der Waals surface area contributed by atoms with E-state index in [9.17, 15) is 4.79 Å². The molecule has 4 nitrogen and oxygen atoms in total. The van der Waals surface area contributed by atoms with Gasteiger partial charge in [-0.2, -0.15) is 0 Å². The number of aromatic carboxylic acids is 1. The Morgan fingerprint density at radius 1 is 1.50 bits per heavy atom. The number of aromatic nitrogens is 2. The summed E-state index contributed by atoms with van der Waals surface area (Å²) in [6.07, 6.45) is 4.36. The molecule has 2 N–H and O–H groups in total. The van der Waals surface area contributed by atoms with Gasteiger partial charge in [0.25, 0.3) is 0 Å². The fourth-order valence-corrected chi connectivity index (χ4v) is 2.22. The highest BCUT2D eigenvalue weighted by atomic mass is 35.5. The van der Waals surface area contributed by atoms with Gasteiger partial charge in [-0.3, -0.25) is 0 Å². The van der Waals surface area contributed by atoms with Gasteiger partial charge in [0.05, 0.1) is 5.69 Å². The summed E-state index contributed by atoms with van der Waals surface area (Å²) in [5.41, 5.74) is 0.780. The van der Waals surface area contributed by atoms with Crippen LogP contribution in [-0.2, 0) is 0 Å². The average molecular weight is 215 g/mol. The summed E-state index contributed by atoms with van der Waals surface area (Å²) in [4.78, 5) is 17.5. The van der Waals surface area contributed by atoms with E-state index in [1.165, 1.54) is 0 Å². The number of halogens is 1. The quantitative estimate of drug-likeness (QED) is 0.795. The van der Waals surface area contributed by atoms with Gasteiger partial charge in [0.2, 0.25) is 5.28 Å². The zero-order valence-electron chi connectivity index (χ0n) is 7.59. The van der Waals surface area contributed by atoms with E-state index in [4.69, 9.17) is 16.7 Å². The summed E-state index contributed by atoms with van der Waals surface area (Å²) in [7, 11) is 0. The summed E-state index contributed by atoms with van der Waals surface area (Å²) in [5, 5.41) is 9.07. The van der Waals surface area contributed by atoms with Crippen molar-refractivity contribution >= 4 is 17.6 Å². The first-order chi connectivity index (χ1) is 6.68. The topological polar surface area (TPSA) is 66.0 Å². The van der Waals surface area contributed by atoms with Crippen molar-refractivity contribution in [3.8, 4) is 0 Å². The molecule has 14 heavy (non-hydrogen) atoms. The molecule has 0 bridgehead atoms. The monoisotopic (exact) mass is 214 g/mol. The summed E-state index contributed by atoms with van der Waals surface area (Å²) in [5.74, 6) is -0.712. The lowest BCUT2D eigenvalue weighted by Crippen LogP contribution is -2.04. The Hall–Kier alpha value is -1.03. The van der Waals surface area contributed by atoms with Crippen molar-refractivity contribution in [1.82, 2.24) is 9.97 Å². The normalized spacial score (nSPS) is 17.5. The molecular formula is C9H11ClN2O2. The number of carboxylic acid groups (broad SMARTS) is 1. The minimum absolute atomic E-state index is 0.0851. The van der Waals surface area contributed by atoms with Crippen LogP contribution in [0.1, 0.15) is 47.8 Å². The second-order valence-corrected chi connectivity index (χ2v) is 3.93. The molecule has 1 fully saturated rings. The number of rotatable bonds is 2. The number of nitrogens with zero attached hydrogens (tertiary/aromatic N) is 1. The van der Waals surface area contributed by atoms with Crippen LogP contribution in [0.2, 0.25) is 5.28 Å². The summed E-state index contributed by atoms with van der Waals surface area (Å²) >= 11 is 5.66. The third kappa shape index (κ3) is 1.62. The van der Waals surface area contributed by atoms with Crippen LogP contribution in [0.5, 0.6) is 0 Å². The Morgan fingerprint density at radius 3 is 2.71 bits per heavy atom. The molecule has 1 aliphatic carbocycles. The molecular weight excluding hydrogens is 204 g/mol. The average Bonchev–Trinajstić information content (AvgIpc) is 2.70. The maximum atomic E-state index is 10.9. The van der Waals surface area contributed by atoms with Gasteiger partial charge < -0.3 is 10.1 Å². The highest BCUT2D eigenvalue weighted by Gasteiger charge is 2.25. The largest absolute Gasteiger partial charge is 0.476 e. The maximum absolute atomic E-state index is 10.9. The van der Waals surface area contributed by atoms with Gasteiger partial charge in [0, 0.05) is 5.92 Å². The lowest BCUT2D eigenvalue weighted by molar-refractivity contribution is 0.0689. The van der Waals surface area contributed by atoms with Crippen LogP contribution >= 0.6 is 11.6 Å². The Labute approximate surface area is 86.3 Å². The van der Waals surface area contributed by atoms with Gasteiger partial charge in [-0.15, -0.1) is 0 Å². The molecule has 0 aromatic carbocycles. The molecule has 1 aromatic heterocycles. The molecule has 1 aromatic rings. The van der Waals surface area contributed by atoms with E-state index in [-0.39, 0.29) is 11.0 Å². The van der Waals surface area contributed by atoms with Crippen molar-refractivity contribution in [2.24, 2.45) is 0 Å². The second-order valence-electron chi connectivity index (χ2n) is 3.58. The first-order valence-electron chi connectivity index (χ1n) is 4.67. The molecule has 1 aliphatic rings. The number of imidazole rings is 1. The van der Waals surface area contributed by atoms with E-state index in [2.05, 4.69) is 9.97 Å². The molecule has 0 atom stereocenters. The van der Waals surface area contributed by atoms with Gasteiger partial charge >= 0.3 is 5.97 Å². The Balaban J connectivity index is 2.35. The molecule has 1 saturated carbocycles. The first kappa shape index (κ1) is 9.52. The predicted octanol–water partition coefficient (Wildman–Crippen LogP) is 2.42. The molecule has 0 saturated heterocycles. The third-order valence-corrected chi connectivity index (χ3v) is 2.85. The highest BCUT2D eigenvalue weighted by molar-refractivity contribution is 6.28. The molecule has 0 radical (unpaired) electrons. The smallest absolute Gasteiger partial charge is 0.356 e. The number of aromatic amines is 1. The Bertz CT molecular complexity index is 356. The number of H-pyrrole nitrogens is 1. The number of nitrogens with one attached hydrogen (secondary N) is 1. The van der Waals surface area contributed by atoms with Crippen LogP contribution in [0.4, 0.5) is 0 Å². The molecule has 0 unspecified atom stereocenters. The van der Waals surface area contributed by atoms with Crippen molar-refractivity contribution in [3.05, 3.63) is 16.7 Å². The molecule has 0 aliphatic heterocycles. The van der Waals surface area contributed by atoms with E-state index in [0.29, 0.717) is 11.6 Å². The highest BCUT2D eigenvalue weighted by Crippen LogP contribution is 2.35. The number of hydrogen-bond acceptors (Lipinski definition) is 2. The molecule has 5 heteroatoms. The fourth-order valence-electron chi connectivity index (χ4n) is 2.03. The first-order valence-corrected chi connectivity index (χ1v) is 5.05. The SMILES string of the molecule is O=C(O)c1nc(Cl)[nH]c1C1CCCC1. The Kier molecular flexibility index (Phi) is 2.46. The molecule has 0 spiro atoms. The van der Waals surface area contributed by atoms with Gasteiger partial charge in [-0.1, -0.05) is 12.8 Å². The van der Waals surface area contributed by atoms with E-state index in [1.807, 2.05) is 0 Å². The third-order valence-electron chi connectivity index (χ3n) is 2.67. The minimum atomic E-state index is -1.00. The van der Waals surface area contributed by atoms with Crippen molar-refractivity contribution in [2.45, 2.75) is 31.6 Å². The van der Waals surface area contributed by atoms with Crippen LogP contribution in [0.25, 0.3) is 0 Å². The second kappa shape index (κ2) is 3.61. The van der Waals surface area contributed by atoms with Gasteiger partial charge in [0.15, 0.2) is 5.69 Å². The predicted molar refractivity (Wildman–Crippen MR) is 51.8 cm³/mol. The van der Waals surface area contributed by atoms with Crippen LogP contribution in [0, 0.1) is 0 Å². The zero-order valence-corrected chi connectivity index (χ0v) is 8.34. The lowest BCUT2D eigenvalue weighted by atomic mass is 10.0. The van der Waals surface area contributed by atoms with Crippen molar-refractivity contribution in [2.75, 3.05) is 0 Å². The van der Waals surface area contributed by atoms with E-state index < -0.39 is 5.97 Å². The van der Waals surface area contributed by atoms with E-state index in [1.54, 1.807) is 0 Å². The number of carboxylic acids is 1. The molecule has 0 amide bonds. The fraction of sp³-hybridized carbons (Fsp3) is 0.556. The van der Waals surface area contributed by atoms with E-state index in [0.717, 1.165) is 25.7 Å². The molecule has 76 valence electrons. The van der Waals surface area contributed by atoms with Crippen LogP contribution in [0.3, 0.4) is 0 Å². The van der Waals surface area contributed by atoms with Crippen molar-refractivity contribution in [3.63, 3.8) is 0 Å². The summed E-state index contributed by atoms with van der Waals surface area (Å²) in [6.45, 7) is 0. The van der Waals surface area contributed by atoms with Gasteiger partial charge in [0.1, 0.15) is 0 Å². The summed E-state index contributed by atoms with van der Waals surface area (Å²) in [6, 6.07) is 0. The number of hydrogen-bond donors (Lipinski definition) is 2. The van der Waals surface area contributed by atoms with Gasteiger partial charge in [-0.05, 0) is 24.4 Å². The molecule has 2 rings (SSSR count). The van der Waals surface area contributed by atoms with Gasteiger partial charge in [-0.25, -0.2) is 9.78 Å².